The second kappa shape index (κ2) is 4.34. The monoisotopic (exact) mass is 205 g/mol. The molecule has 0 atom stereocenters. The molecule has 0 saturated heterocycles. The molecule has 0 unspecified atom stereocenters. The van der Waals surface area contributed by atoms with Crippen molar-refractivity contribution in [3.8, 4) is 5.75 Å². The highest BCUT2D eigenvalue weighted by atomic mass is 16.3. The Morgan fingerprint density at radius 3 is 2.53 bits per heavy atom. The maximum atomic E-state index is 11.5. The van der Waals surface area contributed by atoms with Crippen LogP contribution in [-0.2, 0) is 11.3 Å². The molecule has 1 aromatic carbocycles. The van der Waals surface area contributed by atoms with Gasteiger partial charge in [0.05, 0.1) is 0 Å². The van der Waals surface area contributed by atoms with Gasteiger partial charge in [0, 0.05) is 12.5 Å². The second-order valence-electron chi connectivity index (χ2n) is 4.01. The average molecular weight is 205 g/mol. The van der Waals surface area contributed by atoms with Crippen LogP contribution >= 0.6 is 0 Å². The molecule has 3 nitrogen and oxygen atoms in total. The van der Waals surface area contributed by atoms with Crippen molar-refractivity contribution in [3.63, 3.8) is 0 Å². The van der Waals surface area contributed by atoms with E-state index in [1.54, 1.807) is 12.1 Å². The molecule has 1 aromatic rings. The molecule has 1 amide bonds. The Labute approximate surface area is 89.1 Å². The number of rotatable bonds is 3. The largest absolute Gasteiger partial charge is 0.508 e. The highest BCUT2D eigenvalue weighted by molar-refractivity contribution is 5.79. The van der Waals surface area contributed by atoms with E-state index in [9.17, 15) is 4.79 Å². The van der Waals surface area contributed by atoms with Crippen LogP contribution in [0, 0.1) is 5.92 Å². The van der Waals surface area contributed by atoms with Crippen molar-refractivity contribution in [3.05, 3.63) is 29.8 Å². The van der Waals surface area contributed by atoms with Crippen molar-refractivity contribution in [1.29, 1.82) is 0 Å². The van der Waals surface area contributed by atoms with Gasteiger partial charge < -0.3 is 10.4 Å². The summed E-state index contributed by atoms with van der Waals surface area (Å²) >= 11 is 0. The van der Waals surface area contributed by atoms with Gasteiger partial charge in [-0.1, -0.05) is 18.6 Å². The lowest BCUT2D eigenvalue weighted by Gasteiger charge is -2.24. The molecule has 2 rings (SSSR count). The minimum atomic E-state index is 0.161. The van der Waals surface area contributed by atoms with E-state index in [1.807, 2.05) is 12.1 Å². The number of phenolic OH excluding ortho intramolecular Hbond substituents is 1. The molecular weight excluding hydrogens is 190 g/mol. The van der Waals surface area contributed by atoms with Crippen LogP contribution in [-0.4, -0.2) is 11.0 Å². The first-order valence-corrected chi connectivity index (χ1v) is 5.31. The van der Waals surface area contributed by atoms with Crippen LogP contribution in [0.3, 0.4) is 0 Å². The lowest BCUT2D eigenvalue weighted by molar-refractivity contribution is -0.127. The van der Waals surface area contributed by atoms with Crippen LogP contribution in [0.15, 0.2) is 24.3 Å². The number of benzene rings is 1. The lowest BCUT2D eigenvalue weighted by atomic mass is 9.85. The molecule has 0 aromatic heterocycles. The van der Waals surface area contributed by atoms with Crippen LogP contribution < -0.4 is 5.32 Å². The molecule has 0 bridgehead atoms. The highest BCUT2D eigenvalue weighted by Gasteiger charge is 2.24. The number of phenols is 1. The number of hydrogen-bond acceptors (Lipinski definition) is 2. The molecule has 15 heavy (non-hydrogen) atoms. The topological polar surface area (TPSA) is 49.3 Å². The molecule has 0 spiro atoms. The molecule has 0 aliphatic heterocycles. The summed E-state index contributed by atoms with van der Waals surface area (Å²) in [4.78, 5) is 11.5. The minimum Gasteiger partial charge on any atom is -0.508 e. The van der Waals surface area contributed by atoms with E-state index in [4.69, 9.17) is 5.11 Å². The van der Waals surface area contributed by atoms with E-state index < -0.39 is 0 Å². The maximum absolute atomic E-state index is 11.5. The molecule has 1 aliphatic rings. The zero-order chi connectivity index (χ0) is 10.7. The van der Waals surface area contributed by atoms with Gasteiger partial charge in [0.25, 0.3) is 0 Å². The van der Waals surface area contributed by atoms with Crippen molar-refractivity contribution in [2.75, 3.05) is 0 Å². The highest BCUT2D eigenvalue weighted by Crippen LogP contribution is 2.26. The molecule has 1 fully saturated rings. The Bertz CT molecular complexity index is 341. The Morgan fingerprint density at radius 2 is 2.00 bits per heavy atom. The van der Waals surface area contributed by atoms with Crippen molar-refractivity contribution in [2.45, 2.75) is 25.8 Å². The van der Waals surface area contributed by atoms with Gasteiger partial charge in [-0.2, -0.15) is 0 Å². The quantitative estimate of drug-likeness (QED) is 0.790. The predicted molar refractivity (Wildman–Crippen MR) is 57.3 cm³/mol. The minimum absolute atomic E-state index is 0.161. The van der Waals surface area contributed by atoms with Crippen molar-refractivity contribution < 1.29 is 9.90 Å². The first kappa shape index (κ1) is 10.0. The smallest absolute Gasteiger partial charge is 0.223 e. The molecule has 1 saturated carbocycles. The Balaban J connectivity index is 1.82. The van der Waals surface area contributed by atoms with Crippen LogP contribution in [0.25, 0.3) is 0 Å². The van der Waals surface area contributed by atoms with E-state index in [1.165, 1.54) is 6.42 Å². The third kappa shape index (κ3) is 2.49. The van der Waals surface area contributed by atoms with Gasteiger partial charge in [-0.25, -0.2) is 0 Å². The fourth-order valence-electron chi connectivity index (χ4n) is 1.62. The van der Waals surface area contributed by atoms with E-state index in [0.29, 0.717) is 6.54 Å². The van der Waals surface area contributed by atoms with Gasteiger partial charge in [-0.05, 0) is 30.5 Å². The van der Waals surface area contributed by atoms with Gasteiger partial charge in [-0.15, -0.1) is 0 Å². The van der Waals surface area contributed by atoms with Crippen molar-refractivity contribution >= 4 is 5.91 Å². The number of hydrogen-bond donors (Lipinski definition) is 2. The SMILES string of the molecule is O=C(NCc1ccc(O)cc1)C1CCC1. The number of nitrogens with one attached hydrogen (secondary N) is 1. The summed E-state index contributed by atoms with van der Waals surface area (Å²) in [5.74, 6) is 0.653. The van der Waals surface area contributed by atoms with Crippen LogP contribution in [0.4, 0.5) is 0 Å². The number of carbonyl (C=O) groups excluding carboxylic acids is 1. The Hall–Kier alpha value is -1.51. The maximum Gasteiger partial charge on any atom is 0.223 e. The van der Waals surface area contributed by atoms with E-state index >= 15 is 0 Å². The zero-order valence-corrected chi connectivity index (χ0v) is 8.57. The lowest BCUT2D eigenvalue weighted by Crippen LogP contribution is -2.33. The summed E-state index contributed by atoms with van der Waals surface area (Å²) in [6.45, 7) is 0.551. The summed E-state index contributed by atoms with van der Waals surface area (Å²) in [5, 5.41) is 12.0. The average Bonchev–Trinajstić information content (AvgIpc) is 2.14. The third-order valence-corrected chi connectivity index (χ3v) is 2.88. The predicted octanol–water partition coefficient (Wildman–Crippen LogP) is 1.81. The normalized spacial score (nSPS) is 15.7. The fourth-order valence-corrected chi connectivity index (χ4v) is 1.62. The first-order chi connectivity index (χ1) is 7.25. The summed E-state index contributed by atoms with van der Waals surface area (Å²) in [6.07, 6.45) is 3.24. The summed E-state index contributed by atoms with van der Waals surface area (Å²) in [5.41, 5.74) is 1.01. The molecule has 3 heteroatoms. The van der Waals surface area contributed by atoms with Gasteiger partial charge in [0.2, 0.25) is 5.91 Å². The van der Waals surface area contributed by atoms with Gasteiger partial charge in [0.1, 0.15) is 5.75 Å². The second-order valence-corrected chi connectivity index (χ2v) is 4.01. The van der Waals surface area contributed by atoms with Gasteiger partial charge in [0.15, 0.2) is 0 Å². The summed E-state index contributed by atoms with van der Waals surface area (Å²) in [6, 6.07) is 6.89. The van der Waals surface area contributed by atoms with Crippen LogP contribution in [0.5, 0.6) is 5.75 Å². The molecule has 2 N–H and O–H groups in total. The van der Waals surface area contributed by atoms with E-state index in [-0.39, 0.29) is 17.6 Å². The number of carbonyl (C=O) groups is 1. The van der Waals surface area contributed by atoms with Crippen LogP contribution in [0.2, 0.25) is 0 Å². The third-order valence-electron chi connectivity index (χ3n) is 2.88. The molecule has 1 aliphatic carbocycles. The van der Waals surface area contributed by atoms with Crippen LogP contribution in [0.1, 0.15) is 24.8 Å². The summed E-state index contributed by atoms with van der Waals surface area (Å²) < 4.78 is 0. The van der Waals surface area contributed by atoms with E-state index in [2.05, 4.69) is 5.32 Å². The van der Waals surface area contributed by atoms with Crippen molar-refractivity contribution in [2.24, 2.45) is 5.92 Å². The summed E-state index contributed by atoms with van der Waals surface area (Å²) in [7, 11) is 0. The standard InChI is InChI=1S/C12H15NO2/c14-11-6-4-9(5-7-11)8-13-12(15)10-2-1-3-10/h4-7,10,14H,1-3,8H2,(H,13,15). The first-order valence-electron chi connectivity index (χ1n) is 5.31. The van der Waals surface area contributed by atoms with Crippen molar-refractivity contribution in [1.82, 2.24) is 5.32 Å². The Morgan fingerprint density at radius 1 is 1.33 bits per heavy atom. The molecule has 0 heterocycles. The Kier molecular flexibility index (Phi) is 2.90. The number of amides is 1. The molecular formula is C12H15NO2. The fraction of sp³-hybridized carbons (Fsp3) is 0.417. The zero-order valence-electron chi connectivity index (χ0n) is 8.57. The molecule has 80 valence electrons. The van der Waals surface area contributed by atoms with Gasteiger partial charge >= 0.3 is 0 Å². The number of aromatic hydroxyl groups is 1. The van der Waals surface area contributed by atoms with Gasteiger partial charge in [-0.3, -0.25) is 4.79 Å². The van der Waals surface area contributed by atoms with E-state index in [0.717, 1.165) is 18.4 Å². The molecule has 0 radical (unpaired) electrons.